The third kappa shape index (κ3) is 3.76. The van der Waals surface area contributed by atoms with Crippen molar-refractivity contribution in [1.29, 1.82) is 0 Å². The molecule has 1 aliphatic rings. The number of hydrogen-bond acceptors (Lipinski definition) is 4. The number of aromatic nitrogens is 1. The molecule has 0 amide bonds. The van der Waals surface area contributed by atoms with Gasteiger partial charge in [0.2, 0.25) is 5.43 Å². The van der Waals surface area contributed by atoms with Crippen LogP contribution >= 0.6 is 0 Å². The third-order valence-electron chi connectivity index (χ3n) is 5.56. The molecule has 0 radical (unpaired) electrons. The number of benzene rings is 2. The first-order valence-electron chi connectivity index (χ1n) is 9.86. The van der Waals surface area contributed by atoms with Crippen LogP contribution in [0.1, 0.15) is 23.7 Å². The number of rotatable bonds is 4. The summed E-state index contributed by atoms with van der Waals surface area (Å²) in [5, 5.41) is 12.6. The molecule has 1 unspecified atom stereocenters. The minimum absolute atomic E-state index is 0.128. The summed E-state index contributed by atoms with van der Waals surface area (Å²) in [6, 6.07) is 5.39. The molecule has 1 atom stereocenters. The average molecular weight is 431 g/mol. The predicted octanol–water partition coefficient (Wildman–Crippen LogP) is 3.29. The second kappa shape index (κ2) is 8.07. The summed E-state index contributed by atoms with van der Waals surface area (Å²) in [5.74, 6) is -3.95. The van der Waals surface area contributed by atoms with Crippen LogP contribution in [0.15, 0.2) is 41.3 Å². The van der Waals surface area contributed by atoms with E-state index in [9.17, 15) is 23.5 Å². The van der Waals surface area contributed by atoms with E-state index in [0.29, 0.717) is 25.7 Å². The zero-order valence-corrected chi connectivity index (χ0v) is 16.7. The fourth-order valence-corrected chi connectivity index (χ4v) is 3.92. The molecule has 1 aliphatic heterocycles. The van der Waals surface area contributed by atoms with E-state index in [1.165, 1.54) is 6.07 Å². The molecule has 0 spiro atoms. The Morgan fingerprint density at radius 3 is 2.58 bits per heavy atom. The van der Waals surface area contributed by atoms with Crippen LogP contribution < -0.4 is 15.6 Å². The predicted molar refractivity (Wildman–Crippen MR) is 111 cm³/mol. The number of nitrogens with one attached hydrogen (secondary N) is 1. The minimum atomic E-state index is -1.53. The summed E-state index contributed by atoms with van der Waals surface area (Å²) >= 11 is 0. The number of carboxylic acid groups (broad SMARTS) is 1. The summed E-state index contributed by atoms with van der Waals surface area (Å²) in [6.07, 6.45) is 1.83. The minimum Gasteiger partial charge on any atom is -0.477 e. The Morgan fingerprint density at radius 2 is 1.90 bits per heavy atom. The molecule has 6 nitrogen and oxygen atoms in total. The van der Waals surface area contributed by atoms with Crippen molar-refractivity contribution in [3.8, 4) is 5.69 Å². The van der Waals surface area contributed by atoms with Crippen molar-refractivity contribution in [3.05, 3.63) is 69.8 Å². The number of carbonyl (C=O) groups is 1. The summed E-state index contributed by atoms with van der Waals surface area (Å²) in [4.78, 5) is 26.1. The summed E-state index contributed by atoms with van der Waals surface area (Å²) in [7, 11) is 0. The molecule has 1 fully saturated rings. The Kier molecular flexibility index (Phi) is 5.45. The van der Waals surface area contributed by atoms with E-state index in [-0.39, 0.29) is 28.3 Å². The van der Waals surface area contributed by atoms with Crippen LogP contribution in [0, 0.1) is 17.5 Å². The van der Waals surface area contributed by atoms with Gasteiger partial charge in [-0.15, -0.1) is 0 Å². The van der Waals surface area contributed by atoms with E-state index >= 15 is 4.39 Å². The van der Waals surface area contributed by atoms with E-state index in [4.69, 9.17) is 0 Å². The van der Waals surface area contributed by atoms with Crippen molar-refractivity contribution >= 4 is 22.6 Å². The van der Waals surface area contributed by atoms with Gasteiger partial charge in [-0.1, -0.05) is 6.92 Å². The zero-order valence-electron chi connectivity index (χ0n) is 16.7. The van der Waals surface area contributed by atoms with Crippen LogP contribution in [0.4, 0.5) is 18.9 Å². The van der Waals surface area contributed by atoms with E-state index < -0.39 is 34.4 Å². The molecule has 162 valence electrons. The van der Waals surface area contributed by atoms with Gasteiger partial charge in [-0.25, -0.2) is 18.0 Å². The van der Waals surface area contributed by atoms with Gasteiger partial charge in [-0.3, -0.25) is 4.79 Å². The van der Waals surface area contributed by atoms with E-state index in [1.54, 1.807) is 0 Å². The number of piperazine rings is 1. The highest BCUT2D eigenvalue weighted by molar-refractivity contribution is 5.94. The Labute approximate surface area is 175 Å². The lowest BCUT2D eigenvalue weighted by Crippen LogP contribution is -2.50. The molecule has 3 aromatic rings. The van der Waals surface area contributed by atoms with Crippen LogP contribution in [-0.2, 0) is 0 Å². The normalized spacial score (nSPS) is 16.6. The molecule has 31 heavy (non-hydrogen) atoms. The number of anilines is 1. The molecule has 0 aliphatic carbocycles. The fourth-order valence-electron chi connectivity index (χ4n) is 3.92. The largest absolute Gasteiger partial charge is 0.477 e. The third-order valence-corrected chi connectivity index (χ3v) is 5.56. The highest BCUT2D eigenvalue weighted by Crippen LogP contribution is 2.29. The lowest BCUT2D eigenvalue weighted by atomic mass is 10.1. The Balaban J connectivity index is 1.99. The first kappa shape index (κ1) is 20.9. The van der Waals surface area contributed by atoms with Crippen molar-refractivity contribution in [2.75, 3.05) is 24.5 Å². The molecule has 2 heterocycles. The molecular formula is C22H20F3N3O3. The molecule has 1 saturated heterocycles. The maximum atomic E-state index is 15.0. The van der Waals surface area contributed by atoms with Crippen LogP contribution in [-0.4, -0.2) is 41.3 Å². The standard InChI is InChI=1S/C22H20F3N3O3/c1-2-13-10-27(6-5-26-13)20-9-19-14(8-17(20)25)21(29)15(22(30)31)11-28(19)18-4-3-12(23)7-16(18)24/h3-4,7-9,11,13,26H,2,5-6,10H2,1H3,(H,30,31). The zero-order chi connectivity index (χ0) is 22.3. The topological polar surface area (TPSA) is 74.6 Å². The molecule has 2 aromatic carbocycles. The maximum Gasteiger partial charge on any atom is 0.341 e. The molecule has 4 rings (SSSR count). The highest BCUT2D eigenvalue weighted by Gasteiger charge is 2.24. The van der Waals surface area contributed by atoms with Gasteiger partial charge in [0.15, 0.2) is 0 Å². The smallest absolute Gasteiger partial charge is 0.341 e. The SMILES string of the molecule is CCC1CN(c2cc3c(cc2F)c(=O)c(C(=O)O)cn3-c2ccc(F)cc2F)CCN1. The van der Waals surface area contributed by atoms with Crippen LogP contribution in [0.2, 0.25) is 0 Å². The number of halogens is 3. The van der Waals surface area contributed by atoms with Gasteiger partial charge in [0, 0.05) is 43.3 Å². The molecule has 2 N–H and O–H groups in total. The van der Waals surface area contributed by atoms with Crippen molar-refractivity contribution < 1.29 is 23.1 Å². The average Bonchev–Trinajstić information content (AvgIpc) is 2.74. The maximum absolute atomic E-state index is 15.0. The summed E-state index contributed by atoms with van der Waals surface area (Å²) in [6.45, 7) is 3.73. The van der Waals surface area contributed by atoms with Crippen LogP contribution in [0.25, 0.3) is 16.6 Å². The number of aromatic carboxylic acids is 1. The van der Waals surface area contributed by atoms with Gasteiger partial charge in [-0.2, -0.15) is 0 Å². The Bertz CT molecular complexity index is 1240. The first-order valence-corrected chi connectivity index (χ1v) is 9.86. The lowest BCUT2D eigenvalue weighted by Gasteiger charge is -2.35. The highest BCUT2D eigenvalue weighted by atomic mass is 19.1. The van der Waals surface area contributed by atoms with Gasteiger partial charge in [-0.05, 0) is 30.7 Å². The Morgan fingerprint density at radius 1 is 1.16 bits per heavy atom. The van der Waals surface area contributed by atoms with Gasteiger partial charge in [0.25, 0.3) is 0 Å². The molecular weight excluding hydrogens is 411 g/mol. The van der Waals surface area contributed by atoms with Gasteiger partial charge < -0.3 is 19.9 Å². The number of carboxylic acids is 1. The number of nitrogens with zero attached hydrogens (tertiary/aromatic N) is 2. The first-order chi connectivity index (χ1) is 14.8. The second-order valence-corrected chi connectivity index (χ2v) is 7.47. The Hall–Kier alpha value is -3.33. The van der Waals surface area contributed by atoms with E-state index in [0.717, 1.165) is 35.4 Å². The number of pyridine rings is 1. The molecule has 0 bridgehead atoms. The van der Waals surface area contributed by atoms with Crippen LogP contribution in [0.5, 0.6) is 0 Å². The van der Waals surface area contributed by atoms with Crippen molar-refractivity contribution in [2.45, 2.75) is 19.4 Å². The van der Waals surface area contributed by atoms with Gasteiger partial charge in [0.05, 0.1) is 16.9 Å². The summed E-state index contributed by atoms with van der Waals surface area (Å²) < 4.78 is 44.2. The molecule has 0 saturated carbocycles. The van der Waals surface area contributed by atoms with Gasteiger partial charge in [0.1, 0.15) is 23.0 Å². The van der Waals surface area contributed by atoms with Crippen molar-refractivity contribution in [1.82, 2.24) is 9.88 Å². The van der Waals surface area contributed by atoms with E-state index in [2.05, 4.69) is 5.32 Å². The van der Waals surface area contributed by atoms with Gasteiger partial charge >= 0.3 is 5.97 Å². The monoisotopic (exact) mass is 431 g/mol. The quantitative estimate of drug-likeness (QED) is 0.663. The van der Waals surface area contributed by atoms with Crippen molar-refractivity contribution in [2.24, 2.45) is 0 Å². The van der Waals surface area contributed by atoms with Crippen LogP contribution in [0.3, 0.4) is 0 Å². The lowest BCUT2D eigenvalue weighted by molar-refractivity contribution is 0.0695. The van der Waals surface area contributed by atoms with Crippen molar-refractivity contribution in [3.63, 3.8) is 0 Å². The molecule has 9 heteroatoms. The number of fused-ring (bicyclic) bond motifs is 1. The fraction of sp³-hybridized carbons (Fsp3) is 0.273. The van der Waals surface area contributed by atoms with E-state index in [1.807, 2.05) is 11.8 Å². The molecule has 1 aromatic heterocycles. The summed E-state index contributed by atoms with van der Waals surface area (Å²) in [5.41, 5.74) is -1.32. The second-order valence-electron chi connectivity index (χ2n) is 7.47. The number of hydrogen-bond donors (Lipinski definition) is 2.